The van der Waals surface area contributed by atoms with Gasteiger partial charge in [0.05, 0.1) is 6.54 Å². The number of hydrogen-bond acceptors (Lipinski definition) is 5. The molecule has 0 aliphatic rings. The lowest BCUT2D eigenvalue weighted by molar-refractivity contribution is 0.0769. The van der Waals surface area contributed by atoms with Gasteiger partial charge in [0.1, 0.15) is 5.82 Å². The van der Waals surface area contributed by atoms with E-state index in [1.165, 1.54) is 5.56 Å². The summed E-state index contributed by atoms with van der Waals surface area (Å²) in [5.74, 6) is 1.77. The number of hydrogen-bond donors (Lipinski definition) is 0. The normalized spacial score (nSPS) is 10.9. The van der Waals surface area contributed by atoms with Crippen LogP contribution < -0.4 is 0 Å². The third-order valence-electron chi connectivity index (χ3n) is 4.97. The van der Waals surface area contributed by atoms with Gasteiger partial charge >= 0.3 is 0 Å². The van der Waals surface area contributed by atoms with Crippen LogP contribution in [0.4, 0.5) is 0 Å². The zero-order valence-corrected chi connectivity index (χ0v) is 17.2. The van der Waals surface area contributed by atoms with Crippen molar-refractivity contribution in [2.45, 2.75) is 26.9 Å². The van der Waals surface area contributed by atoms with Gasteiger partial charge in [-0.15, -0.1) is 0 Å². The average Bonchev–Trinajstić information content (AvgIpc) is 3.38. The first-order valence-electron chi connectivity index (χ1n) is 9.71. The Hall–Kier alpha value is -3.74. The van der Waals surface area contributed by atoms with Gasteiger partial charge in [0.2, 0.25) is 11.7 Å². The fraction of sp³-hybridized carbons (Fsp3) is 0.217. The molecule has 0 spiro atoms. The van der Waals surface area contributed by atoms with Crippen LogP contribution in [0.5, 0.6) is 0 Å². The molecular formula is C23H23N5O2. The Balaban J connectivity index is 1.40. The highest BCUT2D eigenvalue weighted by Gasteiger charge is 2.16. The molecule has 0 bridgehead atoms. The highest BCUT2D eigenvalue weighted by Crippen LogP contribution is 2.17. The van der Waals surface area contributed by atoms with Crippen molar-refractivity contribution >= 4 is 5.91 Å². The van der Waals surface area contributed by atoms with Gasteiger partial charge in [0, 0.05) is 37.1 Å². The number of aromatic nitrogens is 4. The number of nitrogens with zero attached hydrogens (tertiary/aromatic N) is 5. The molecule has 2 heterocycles. The van der Waals surface area contributed by atoms with E-state index < -0.39 is 0 Å². The van der Waals surface area contributed by atoms with Crippen molar-refractivity contribution in [1.29, 1.82) is 0 Å². The predicted octanol–water partition coefficient (Wildman–Crippen LogP) is 3.87. The number of amides is 1. The van der Waals surface area contributed by atoms with E-state index >= 15 is 0 Å². The first-order valence-corrected chi connectivity index (χ1v) is 9.71. The molecule has 0 aliphatic heterocycles. The molecule has 2 aromatic heterocycles. The Labute approximate surface area is 175 Å². The van der Waals surface area contributed by atoms with Crippen molar-refractivity contribution in [2.24, 2.45) is 0 Å². The first kappa shape index (κ1) is 19.6. The fourth-order valence-corrected chi connectivity index (χ4v) is 3.15. The van der Waals surface area contributed by atoms with Gasteiger partial charge in [-0.3, -0.25) is 4.79 Å². The molecule has 152 valence electrons. The minimum absolute atomic E-state index is 0.101. The summed E-state index contributed by atoms with van der Waals surface area (Å²) in [6, 6.07) is 15.5. The summed E-state index contributed by atoms with van der Waals surface area (Å²) in [4.78, 5) is 23.0. The van der Waals surface area contributed by atoms with Crippen LogP contribution in [0.15, 0.2) is 65.4 Å². The number of imidazole rings is 1. The summed E-state index contributed by atoms with van der Waals surface area (Å²) in [6.45, 7) is 4.96. The van der Waals surface area contributed by atoms with E-state index in [1.54, 1.807) is 18.1 Å². The molecule has 30 heavy (non-hydrogen) atoms. The number of rotatable bonds is 6. The lowest BCUT2D eigenvalue weighted by atomic mass is 10.1. The Bertz CT molecular complexity index is 1140. The van der Waals surface area contributed by atoms with E-state index in [2.05, 4.69) is 19.7 Å². The van der Waals surface area contributed by atoms with Crippen LogP contribution >= 0.6 is 0 Å². The minimum atomic E-state index is -0.101. The van der Waals surface area contributed by atoms with Gasteiger partial charge in [0.15, 0.2) is 0 Å². The van der Waals surface area contributed by atoms with E-state index in [-0.39, 0.29) is 12.5 Å². The molecule has 0 saturated carbocycles. The van der Waals surface area contributed by atoms with Crippen LogP contribution in [0.3, 0.4) is 0 Å². The average molecular weight is 401 g/mol. The zero-order chi connectivity index (χ0) is 21.1. The maximum absolute atomic E-state index is 12.8. The lowest BCUT2D eigenvalue weighted by Gasteiger charge is -2.15. The quantitative estimate of drug-likeness (QED) is 0.490. The lowest BCUT2D eigenvalue weighted by Crippen LogP contribution is -2.26. The molecule has 0 fully saturated rings. The summed E-state index contributed by atoms with van der Waals surface area (Å²) in [7, 11) is 1.72. The number of carbonyl (C=O) groups is 1. The van der Waals surface area contributed by atoms with Crippen LogP contribution in [0.25, 0.3) is 11.4 Å². The van der Waals surface area contributed by atoms with Gasteiger partial charge in [-0.05, 0) is 31.5 Å². The third kappa shape index (κ3) is 4.30. The highest BCUT2D eigenvalue weighted by atomic mass is 16.5. The largest absolute Gasteiger partial charge is 0.337 e. The van der Waals surface area contributed by atoms with Gasteiger partial charge in [-0.25, -0.2) is 4.98 Å². The van der Waals surface area contributed by atoms with Gasteiger partial charge < -0.3 is 14.0 Å². The Kier molecular flexibility index (Phi) is 5.43. The standard InChI is InChI=1S/C23H23N5O2/c1-16-4-8-19(9-5-16)22-25-21(30-26-22)15-27(3)23(29)20-10-6-18(7-11-20)14-28-13-12-24-17(28)2/h4-13H,14-15H2,1-3H3. The van der Waals surface area contributed by atoms with Crippen LogP contribution in [0.2, 0.25) is 0 Å². The summed E-state index contributed by atoms with van der Waals surface area (Å²) in [6.07, 6.45) is 3.72. The van der Waals surface area contributed by atoms with Crippen molar-refractivity contribution in [2.75, 3.05) is 7.05 Å². The Morgan fingerprint density at radius 2 is 1.80 bits per heavy atom. The molecule has 4 rings (SSSR count). The summed E-state index contributed by atoms with van der Waals surface area (Å²) in [5, 5.41) is 4.02. The van der Waals surface area contributed by atoms with E-state index in [0.717, 1.165) is 23.5 Å². The predicted molar refractivity (Wildman–Crippen MR) is 113 cm³/mol. The Morgan fingerprint density at radius 1 is 1.07 bits per heavy atom. The summed E-state index contributed by atoms with van der Waals surface area (Å²) in [5.41, 5.74) is 3.77. The third-order valence-corrected chi connectivity index (χ3v) is 4.97. The molecule has 4 aromatic rings. The molecule has 0 N–H and O–H groups in total. The molecule has 7 nitrogen and oxygen atoms in total. The van der Waals surface area contributed by atoms with Crippen LogP contribution in [-0.4, -0.2) is 37.5 Å². The van der Waals surface area contributed by atoms with E-state index in [1.807, 2.05) is 68.6 Å². The molecule has 0 atom stereocenters. The van der Waals surface area contributed by atoms with E-state index in [4.69, 9.17) is 4.52 Å². The van der Waals surface area contributed by atoms with Crippen molar-refractivity contribution in [3.05, 3.63) is 89.3 Å². The molecule has 0 unspecified atom stereocenters. The van der Waals surface area contributed by atoms with Gasteiger partial charge in [0.25, 0.3) is 5.91 Å². The smallest absolute Gasteiger partial charge is 0.254 e. The molecule has 0 saturated heterocycles. The second-order valence-electron chi connectivity index (χ2n) is 7.34. The molecular weight excluding hydrogens is 378 g/mol. The van der Waals surface area contributed by atoms with Gasteiger partial charge in [-0.1, -0.05) is 47.1 Å². The zero-order valence-electron chi connectivity index (χ0n) is 17.2. The number of benzene rings is 2. The van der Waals surface area contributed by atoms with E-state index in [9.17, 15) is 4.79 Å². The van der Waals surface area contributed by atoms with Crippen molar-refractivity contribution < 1.29 is 9.32 Å². The summed E-state index contributed by atoms with van der Waals surface area (Å²) < 4.78 is 7.39. The topological polar surface area (TPSA) is 77.0 Å². The highest BCUT2D eigenvalue weighted by molar-refractivity contribution is 5.94. The second-order valence-corrected chi connectivity index (χ2v) is 7.34. The maximum Gasteiger partial charge on any atom is 0.254 e. The molecule has 7 heteroatoms. The number of aryl methyl sites for hydroxylation is 2. The van der Waals surface area contributed by atoms with Crippen LogP contribution in [-0.2, 0) is 13.1 Å². The minimum Gasteiger partial charge on any atom is -0.337 e. The van der Waals surface area contributed by atoms with Crippen LogP contribution in [0, 0.1) is 13.8 Å². The first-order chi connectivity index (χ1) is 14.5. The second kappa shape index (κ2) is 8.32. The SMILES string of the molecule is Cc1ccc(-c2noc(CN(C)C(=O)c3ccc(Cn4ccnc4C)cc3)n2)cc1. The number of carbonyl (C=O) groups excluding carboxylic acids is 1. The molecule has 1 amide bonds. The fourth-order valence-electron chi connectivity index (χ4n) is 3.15. The molecule has 0 radical (unpaired) electrons. The van der Waals surface area contributed by atoms with E-state index in [0.29, 0.717) is 17.3 Å². The molecule has 2 aromatic carbocycles. The monoisotopic (exact) mass is 401 g/mol. The summed E-state index contributed by atoms with van der Waals surface area (Å²) >= 11 is 0. The van der Waals surface area contributed by atoms with Gasteiger partial charge in [-0.2, -0.15) is 4.98 Å². The van der Waals surface area contributed by atoms with Crippen molar-refractivity contribution in [3.8, 4) is 11.4 Å². The Morgan fingerprint density at radius 3 is 2.47 bits per heavy atom. The van der Waals surface area contributed by atoms with Crippen molar-refractivity contribution in [3.63, 3.8) is 0 Å². The van der Waals surface area contributed by atoms with Crippen LogP contribution in [0.1, 0.15) is 33.2 Å². The van der Waals surface area contributed by atoms with Crippen molar-refractivity contribution in [1.82, 2.24) is 24.6 Å². The molecule has 0 aliphatic carbocycles. The maximum atomic E-state index is 12.8.